The number of unbranched alkanes of at least 4 members (excludes halogenated alkanes) is 1. The molecule has 0 aliphatic rings. The number of ether oxygens (including phenoxy) is 1. The van der Waals surface area contributed by atoms with Crippen molar-refractivity contribution >= 4 is 51.3 Å². The molecule has 1 heterocycles. The molecule has 0 spiro atoms. The van der Waals surface area contributed by atoms with E-state index in [1.165, 1.54) is 11.3 Å². The molecular formula is C21H20ClN3O2S2. The number of nitrogens with one attached hydrogen (secondary N) is 2. The average Bonchev–Trinajstić information content (AvgIpc) is 3.17. The largest absolute Gasteiger partial charge is 0.494 e. The fraction of sp³-hybridized carbons (Fsp3) is 0.190. The van der Waals surface area contributed by atoms with Crippen molar-refractivity contribution in [2.45, 2.75) is 19.8 Å². The molecule has 0 saturated heterocycles. The van der Waals surface area contributed by atoms with E-state index in [1.807, 2.05) is 29.6 Å². The molecule has 1 aromatic heterocycles. The second kappa shape index (κ2) is 10.3. The Balaban J connectivity index is 1.54. The molecule has 0 aliphatic heterocycles. The minimum absolute atomic E-state index is 0.190. The van der Waals surface area contributed by atoms with E-state index in [1.54, 1.807) is 24.3 Å². The van der Waals surface area contributed by atoms with Gasteiger partial charge in [0.1, 0.15) is 5.75 Å². The molecule has 0 unspecified atom stereocenters. The number of halogens is 1. The summed E-state index contributed by atoms with van der Waals surface area (Å²) < 4.78 is 5.60. The molecule has 2 aromatic carbocycles. The highest BCUT2D eigenvalue weighted by Crippen LogP contribution is 2.26. The Morgan fingerprint density at radius 3 is 2.59 bits per heavy atom. The van der Waals surface area contributed by atoms with Crippen LogP contribution in [0.15, 0.2) is 53.9 Å². The van der Waals surface area contributed by atoms with Crippen molar-refractivity contribution in [2.75, 3.05) is 11.9 Å². The molecule has 2 N–H and O–H groups in total. The third-order valence-corrected chi connectivity index (χ3v) is 5.19. The number of amides is 1. The lowest BCUT2D eigenvalue weighted by molar-refractivity contribution is 0.0977. The number of nitrogens with zero attached hydrogens (tertiary/aromatic N) is 1. The number of aromatic nitrogens is 1. The summed E-state index contributed by atoms with van der Waals surface area (Å²) in [6.07, 6.45) is 2.07. The van der Waals surface area contributed by atoms with E-state index < -0.39 is 0 Å². The molecule has 0 atom stereocenters. The number of thiazole rings is 1. The van der Waals surface area contributed by atoms with Crippen LogP contribution in [0.25, 0.3) is 11.3 Å². The molecule has 0 fully saturated rings. The number of hydrogen-bond donors (Lipinski definition) is 2. The predicted molar refractivity (Wildman–Crippen MR) is 123 cm³/mol. The van der Waals surface area contributed by atoms with Crippen LogP contribution in [-0.2, 0) is 0 Å². The number of hydrogen-bond acceptors (Lipinski definition) is 5. The maximum absolute atomic E-state index is 12.4. The van der Waals surface area contributed by atoms with E-state index >= 15 is 0 Å². The third kappa shape index (κ3) is 6.25. The molecule has 0 bridgehead atoms. The molecule has 3 aromatic rings. The summed E-state index contributed by atoms with van der Waals surface area (Å²) in [6, 6.07) is 14.4. The highest BCUT2D eigenvalue weighted by Gasteiger charge is 2.10. The zero-order valence-corrected chi connectivity index (χ0v) is 18.2. The Morgan fingerprint density at radius 1 is 1.17 bits per heavy atom. The van der Waals surface area contributed by atoms with Gasteiger partial charge in [0.15, 0.2) is 10.2 Å². The lowest BCUT2D eigenvalue weighted by atomic mass is 10.2. The first kappa shape index (κ1) is 21.2. The standard InChI is InChI=1S/C21H20ClN3O2S2/c1-2-3-12-27-17-10-6-15(7-11-17)19(26)24-20(28)25-21-23-18(13-29-21)14-4-8-16(22)9-5-14/h4-11,13H,2-3,12H2,1H3,(H2,23,24,25,26,28). The second-order valence-electron chi connectivity index (χ2n) is 6.18. The maximum atomic E-state index is 12.4. The molecule has 29 heavy (non-hydrogen) atoms. The first-order valence-corrected chi connectivity index (χ1v) is 10.8. The van der Waals surface area contributed by atoms with Crippen LogP contribution >= 0.6 is 35.2 Å². The summed E-state index contributed by atoms with van der Waals surface area (Å²) >= 11 is 12.5. The molecule has 150 valence electrons. The Kier molecular flexibility index (Phi) is 7.57. The lowest BCUT2D eigenvalue weighted by Gasteiger charge is -2.08. The van der Waals surface area contributed by atoms with Gasteiger partial charge in [-0.25, -0.2) is 4.98 Å². The Labute approximate surface area is 184 Å². The van der Waals surface area contributed by atoms with Crippen molar-refractivity contribution in [2.24, 2.45) is 0 Å². The molecule has 1 amide bonds. The number of thiocarbonyl (C=S) groups is 1. The van der Waals surface area contributed by atoms with Gasteiger partial charge in [-0.05, 0) is 55.0 Å². The van der Waals surface area contributed by atoms with Gasteiger partial charge in [-0.1, -0.05) is 37.1 Å². The minimum atomic E-state index is -0.294. The van der Waals surface area contributed by atoms with E-state index in [2.05, 4.69) is 22.5 Å². The topological polar surface area (TPSA) is 63.2 Å². The average molecular weight is 446 g/mol. The Morgan fingerprint density at radius 2 is 1.90 bits per heavy atom. The second-order valence-corrected chi connectivity index (χ2v) is 7.88. The monoisotopic (exact) mass is 445 g/mol. The summed E-state index contributed by atoms with van der Waals surface area (Å²) in [4.78, 5) is 16.9. The van der Waals surface area contributed by atoms with Crippen LogP contribution in [0.4, 0.5) is 5.13 Å². The van der Waals surface area contributed by atoms with E-state index in [0.29, 0.717) is 22.3 Å². The van der Waals surface area contributed by atoms with Crippen molar-refractivity contribution in [3.8, 4) is 17.0 Å². The van der Waals surface area contributed by atoms with Crippen LogP contribution in [0.5, 0.6) is 5.75 Å². The van der Waals surface area contributed by atoms with Crippen LogP contribution in [0.2, 0.25) is 5.02 Å². The van der Waals surface area contributed by atoms with E-state index in [4.69, 9.17) is 28.6 Å². The number of carbonyl (C=O) groups is 1. The van der Waals surface area contributed by atoms with Gasteiger partial charge in [-0.3, -0.25) is 10.1 Å². The highest BCUT2D eigenvalue weighted by atomic mass is 35.5. The predicted octanol–water partition coefficient (Wildman–Crippen LogP) is 5.77. The van der Waals surface area contributed by atoms with Gasteiger partial charge in [0.25, 0.3) is 5.91 Å². The summed E-state index contributed by atoms with van der Waals surface area (Å²) in [5.41, 5.74) is 2.26. The quantitative estimate of drug-likeness (QED) is 0.357. The molecule has 5 nitrogen and oxygen atoms in total. The zero-order valence-electron chi connectivity index (χ0n) is 15.8. The molecule has 0 saturated carbocycles. The number of anilines is 1. The van der Waals surface area contributed by atoms with Crippen molar-refractivity contribution < 1.29 is 9.53 Å². The summed E-state index contributed by atoms with van der Waals surface area (Å²) in [7, 11) is 0. The lowest BCUT2D eigenvalue weighted by Crippen LogP contribution is -2.34. The van der Waals surface area contributed by atoms with Gasteiger partial charge in [-0.15, -0.1) is 11.3 Å². The first-order chi connectivity index (χ1) is 14.0. The molecule has 0 aliphatic carbocycles. The van der Waals surface area contributed by atoms with Gasteiger partial charge in [-0.2, -0.15) is 0 Å². The van der Waals surface area contributed by atoms with Gasteiger partial charge in [0.2, 0.25) is 0 Å². The summed E-state index contributed by atoms with van der Waals surface area (Å²) in [5, 5.41) is 8.98. The van der Waals surface area contributed by atoms with Crippen LogP contribution < -0.4 is 15.4 Å². The van der Waals surface area contributed by atoms with Crippen molar-refractivity contribution in [1.82, 2.24) is 10.3 Å². The van der Waals surface area contributed by atoms with Gasteiger partial charge in [0.05, 0.1) is 12.3 Å². The van der Waals surface area contributed by atoms with Crippen LogP contribution in [0.3, 0.4) is 0 Å². The minimum Gasteiger partial charge on any atom is -0.494 e. The van der Waals surface area contributed by atoms with Crippen LogP contribution in [0, 0.1) is 0 Å². The normalized spacial score (nSPS) is 10.4. The Bertz CT molecular complexity index is 972. The third-order valence-electron chi connectivity index (χ3n) is 3.97. The van der Waals surface area contributed by atoms with Crippen molar-refractivity contribution in [1.29, 1.82) is 0 Å². The molecule has 3 rings (SSSR count). The van der Waals surface area contributed by atoms with E-state index in [9.17, 15) is 4.79 Å². The van der Waals surface area contributed by atoms with E-state index in [-0.39, 0.29) is 11.0 Å². The molecular weight excluding hydrogens is 426 g/mol. The van der Waals surface area contributed by atoms with Crippen molar-refractivity contribution in [3.05, 3.63) is 64.5 Å². The summed E-state index contributed by atoms with van der Waals surface area (Å²) in [5.74, 6) is 0.449. The molecule has 0 radical (unpaired) electrons. The van der Waals surface area contributed by atoms with Crippen LogP contribution in [0.1, 0.15) is 30.1 Å². The van der Waals surface area contributed by atoms with Gasteiger partial charge >= 0.3 is 0 Å². The van der Waals surface area contributed by atoms with Crippen molar-refractivity contribution in [3.63, 3.8) is 0 Å². The summed E-state index contributed by atoms with van der Waals surface area (Å²) in [6.45, 7) is 2.78. The zero-order chi connectivity index (χ0) is 20.6. The van der Waals surface area contributed by atoms with E-state index in [0.717, 1.165) is 29.8 Å². The van der Waals surface area contributed by atoms with Gasteiger partial charge < -0.3 is 10.1 Å². The fourth-order valence-electron chi connectivity index (χ4n) is 2.42. The smallest absolute Gasteiger partial charge is 0.257 e. The first-order valence-electron chi connectivity index (χ1n) is 9.12. The Hall–Kier alpha value is -2.48. The van der Waals surface area contributed by atoms with Crippen LogP contribution in [-0.4, -0.2) is 22.6 Å². The maximum Gasteiger partial charge on any atom is 0.257 e. The SMILES string of the molecule is CCCCOc1ccc(C(=O)NC(=S)Nc2nc(-c3ccc(Cl)cc3)cs2)cc1. The number of rotatable bonds is 7. The highest BCUT2D eigenvalue weighted by molar-refractivity contribution is 7.80. The molecule has 8 heteroatoms. The number of benzene rings is 2. The van der Waals surface area contributed by atoms with Gasteiger partial charge in [0, 0.05) is 21.5 Å². The number of carbonyl (C=O) groups excluding carboxylic acids is 1. The fourth-order valence-corrected chi connectivity index (χ4v) is 3.53.